The molecule has 0 amide bonds. The van der Waals surface area contributed by atoms with Gasteiger partial charge in [-0.05, 0) is 29.7 Å². The quantitative estimate of drug-likeness (QED) is 0.871. The lowest BCUT2D eigenvalue weighted by atomic mass is 10.0. The molecule has 1 N–H and O–H groups in total. The summed E-state index contributed by atoms with van der Waals surface area (Å²) in [6.45, 7) is 0. The molecule has 2 aromatic rings. The van der Waals surface area contributed by atoms with Crippen molar-refractivity contribution in [2.75, 3.05) is 0 Å². The van der Waals surface area contributed by atoms with Crippen molar-refractivity contribution in [1.29, 1.82) is 0 Å². The molecule has 4 heteroatoms. The zero-order valence-corrected chi connectivity index (χ0v) is 11.9. The number of carboxylic acids is 1. The van der Waals surface area contributed by atoms with Crippen LogP contribution in [0.3, 0.4) is 0 Å². The van der Waals surface area contributed by atoms with Crippen LogP contribution < -0.4 is 0 Å². The molecule has 3 nitrogen and oxygen atoms in total. The Morgan fingerprint density at radius 3 is 1.90 bits per heavy atom. The minimum absolute atomic E-state index is 0.0787. The molecule has 3 rings (SSSR count). The number of carboxylic acid groups (broad SMARTS) is 1. The molecule has 0 radical (unpaired) electrons. The standard InChI is InChI=1S/C17H13ClO3/c18-13-7-5-11(6-8-13)10-1-3-12(4-2-10)16(19)14-9-15(14)17(20)21/h1-8,14-15H,9H2,(H,20,21). The maximum atomic E-state index is 12.1. The minimum atomic E-state index is -0.883. The number of Topliss-reactive ketones (excluding diaryl/α,β-unsaturated/α-hetero) is 1. The molecule has 0 saturated heterocycles. The van der Waals surface area contributed by atoms with E-state index < -0.39 is 11.9 Å². The van der Waals surface area contributed by atoms with Crippen molar-refractivity contribution >= 4 is 23.4 Å². The highest BCUT2D eigenvalue weighted by Gasteiger charge is 2.48. The Balaban J connectivity index is 1.77. The van der Waals surface area contributed by atoms with Crippen molar-refractivity contribution in [2.24, 2.45) is 11.8 Å². The van der Waals surface area contributed by atoms with Gasteiger partial charge >= 0.3 is 5.97 Å². The largest absolute Gasteiger partial charge is 0.481 e. The number of halogens is 1. The van der Waals surface area contributed by atoms with Crippen LogP contribution in [0.5, 0.6) is 0 Å². The summed E-state index contributed by atoms with van der Waals surface area (Å²) >= 11 is 5.85. The van der Waals surface area contributed by atoms with Gasteiger partial charge in [-0.2, -0.15) is 0 Å². The predicted octanol–water partition coefficient (Wildman–Crippen LogP) is 3.91. The molecule has 0 aliphatic heterocycles. The van der Waals surface area contributed by atoms with Crippen LogP contribution in [-0.2, 0) is 4.79 Å². The number of hydrogen-bond acceptors (Lipinski definition) is 2. The first-order chi connectivity index (χ1) is 10.1. The Hall–Kier alpha value is -2.13. The molecule has 0 heterocycles. The highest BCUT2D eigenvalue weighted by molar-refractivity contribution is 6.30. The summed E-state index contributed by atoms with van der Waals surface area (Å²) in [5, 5.41) is 9.55. The van der Waals surface area contributed by atoms with E-state index in [4.69, 9.17) is 16.7 Å². The first-order valence-electron chi connectivity index (χ1n) is 6.69. The van der Waals surface area contributed by atoms with Crippen molar-refractivity contribution in [2.45, 2.75) is 6.42 Å². The molecule has 2 aromatic carbocycles. The van der Waals surface area contributed by atoms with E-state index in [1.165, 1.54) is 0 Å². The van der Waals surface area contributed by atoms with Crippen LogP contribution in [0.4, 0.5) is 0 Å². The Morgan fingerprint density at radius 2 is 1.43 bits per heavy atom. The van der Waals surface area contributed by atoms with Gasteiger partial charge in [0, 0.05) is 16.5 Å². The molecule has 0 aromatic heterocycles. The fraction of sp³-hybridized carbons (Fsp3) is 0.176. The van der Waals surface area contributed by atoms with E-state index in [0.29, 0.717) is 17.0 Å². The number of carbonyl (C=O) groups excluding carboxylic acids is 1. The van der Waals surface area contributed by atoms with Crippen LogP contribution in [-0.4, -0.2) is 16.9 Å². The highest BCUT2D eigenvalue weighted by Crippen LogP contribution is 2.41. The predicted molar refractivity (Wildman–Crippen MR) is 80.5 cm³/mol. The van der Waals surface area contributed by atoms with Crippen molar-refractivity contribution in [3.63, 3.8) is 0 Å². The van der Waals surface area contributed by atoms with E-state index in [-0.39, 0.29) is 11.7 Å². The molecule has 1 aliphatic carbocycles. The number of benzene rings is 2. The summed E-state index contributed by atoms with van der Waals surface area (Å²) in [4.78, 5) is 22.9. The van der Waals surface area contributed by atoms with Crippen molar-refractivity contribution < 1.29 is 14.7 Å². The SMILES string of the molecule is O=C(O)C1CC1C(=O)c1ccc(-c2ccc(Cl)cc2)cc1. The summed E-state index contributed by atoms with van der Waals surface area (Å²) < 4.78 is 0. The van der Waals surface area contributed by atoms with Gasteiger partial charge in [-0.1, -0.05) is 48.0 Å². The molecule has 1 saturated carbocycles. The number of aliphatic carboxylic acids is 1. The summed E-state index contributed by atoms with van der Waals surface area (Å²) in [6, 6.07) is 14.7. The van der Waals surface area contributed by atoms with E-state index in [9.17, 15) is 9.59 Å². The van der Waals surface area contributed by atoms with Crippen LogP contribution in [0.2, 0.25) is 5.02 Å². The lowest BCUT2D eigenvalue weighted by Crippen LogP contribution is -2.08. The zero-order valence-electron chi connectivity index (χ0n) is 11.1. The third-order valence-corrected chi connectivity index (χ3v) is 4.04. The maximum Gasteiger partial charge on any atom is 0.307 e. The van der Waals surface area contributed by atoms with Gasteiger partial charge in [-0.3, -0.25) is 9.59 Å². The Kier molecular flexibility index (Phi) is 3.52. The monoisotopic (exact) mass is 300 g/mol. The van der Waals surface area contributed by atoms with E-state index in [2.05, 4.69) is 0 Å². The molecule has 106 valence electrons. The smallest absolute Gasteiger partial charge is 0.307 e. The molecule has 21 heavy (non-hydrogen) atoms. The Labute approximate surface area is 127 Å². The minimum Gasteiger partial charge on any atom is -0.481 e. The Morgan fingerprint density at radius 1 is 0.905 bits per heavy atom. The van der Waals surface area contributed by atoms with Crippen LogP contribution in [0.15, 0.2) is 48.5 Å². The van der Waals surface area contributed by atoms with Gasteiger partial charge in [0.05, 0.1) is 5.92 Å². The fourth-order valence-corrected chi connectivity index (χ4v) is 2.57. The topological polar surface area (TPSA) is 54.4 Å². The van der Waals surface area contributed by atoms with Crippen LogP contribution in [0.1, 0.15) is 16.8 Å². The van der Waals surface area contributed by atoms with Crippen molar-refractivity contribution in [3.05, 3.63) is 59.1 Å². The molecular formula is C17H13ClO3. The van der Waals surface area contributed by atoms with Gasteiger partial charge in [-0.15, -0.1) is 0 Å². The van der Waals surface area contributed by atoms with E-state index in [1.54, 1.807) is 12.1 Å². The van der Waals surface area contributed by atoms with Gasteiger partial charge in [0.1, 0.15) is 0 Å². The Bertz CT molecular complexity index is 689. The molecule has 0 spiro atoms. The van der Waals surface area contributed by atoms with Crippen LogP contribution in [0, 0.1) is 11.8 Å². The number of hydrogen-bond donors (Lipinski definition) is 1. The van der Waals surface area contributed by atoms with E-state index >= 15 is 0 Å². The molecule has 2 unspecified atom stereocenters. The second kappa shape index (κ2) is 5.34. The van der Waals surface area contributed by atoms with Gasteiger partial charge < -0.3 is 5.11 Å². The van der Waals surface area contributed by atoms with Crippen molar-refractivity contribution in [3.8, 4) is 11.1 Å². The average Bonchev–Trinajstić information content (AvgIpc) is 3.28. The lowest BCUT2D eigenvalue weighted by Gasteiger charge is -2.04. The van der Waals surface area contributed by atoms with E-state index in [1.807, 2.05) is 36.4 Å². The molecule has 1 fully saturated rings. The second-order valence-corrected chi connectivity index (χ2v) is 5.67. The molecule has 2 atom stereocenters. The fourth-order valence-electron chi connectivity index (χ4n) is 2.44. The number of ketones is 1. The highest BCUT2D eigenvalue weighted by atomic mass is 35.5. The normalized spacial score (nSPS) is 20.0. The van der Waals surface area contributed by atoms with Gasteiger partial charge in [-0.25, -0.2) is 0 Å². The summed E-state index contributed by atoms with van der Waals surface area (Å²) in [6.07, 6.45) is 0.451. The van der Waals surface area contributed by atoms with Gasteiger partial charge in [0.2, 0.25) is 0 Å². The maximum absolute atomic E-state index is 12.1. The van der Waals surface area contributed by atoms with Crippen molar-refractivity contribution in [1.82, 2.24) is 0 Å². The summed E-state index contributed by atoms with van der Waals surface area (Å²) in [5.74, 6) is -1.83. The van der Waals surface area contributed by atoms with Gasteiger partial charge in [0.25, 0.3) is 0 Å². The summed E-state index contributed by atoms with van der Waals surface area (Å²) in [5.41, 5.74) is 2.59. The average molecular weight is 301 g/mol. The van der Waals surface area contributed by atoms with Crippen LogP contribution >= 0.6 is 11.6 Å². The third-order valence-electron chi connectivity index (χ3n) is 3.79. The number of rotatable bonds is 4. The molecule has 0 bridgehead atoms. The van der Waals surface area contributed by atoms with Crippen LogP contribution in [0.25, 0.3) is 11.1 Å². The lowest BCUT2D eigenvalue weighted by molar-refractivity contribution is -0.138. The number of carbonyl (C=O) groups is 2. The molecular weight excluding hydrogens is 288 g/mol. The van der Waals surface area contributed by atoms with E-state index in [0.717, 1.165) is 11.1 Å². The molecule has 1 aliphatic rings. The van der Waals surface area contributed by atoms with Gasteiger partial charge in [0.15, 0.2) is 5.78 Å². The summed E-state index contributed by atoms with van der Waals surface area (Å²) in [7, 11) is 0. The first-order valence-corrected chi connectivity index (χ1v) is 7.07. The second-order valence-electron chi connectivity index (χ2n) is 5.24. The third kappa shape index (κ3) is 2.83. The zero-order chi connectivity index (χ0) is 15.0. The first kappa shape index (κ1) is 13.8.